The van der Waals surface area contributed by atoms with Crippen LogP contribution in [0.1, 0.15) is 35.2 Å². The number of hydrogen-bond donors (Lipinski definition) is 1. The van der Waals surface area contributed by atoms with Crippen molar-refractivity contribution in [2.24, 2.45) is 0 Å². The van der Waals surface area contributed by atoms with Crippen molar-refractivity contribution in [1.82, 2.24) is 9.47 Å². The Morgan fingerprint density at radius 2 is 1.89 bits per heavy atom. The van der Waals surface area contributed by atoms with Gasteiger partial charge < -0.3 is 19.4 Å². The first-order chi connectivity index (χ1) is 17.1. The highest BCUT2D eigenvalue weighted by Gasteiger charge is 2.12. The molecule has 0 unspecified atom stereocenters. The van der Waals surface area contributed by atoms with Gasteiger partial charge in [-0.15, -0.1) is 0 Å². The summed E-state index contributed by atoms with van der Waals surface area (Å²) in [5.41, 5.74) is 2.36. The molecule has 0 atom stereocenters. The van der Waals surface area contributed by atoms with E-state index in [2.05, 4.69) is 16.3 Å². The summed E-state index contributed by atoms with van der Waals surface area (Å²) in [5.74, 6) is 0.281. The Morgan fingerprint density at radius 1 is 1.09 bits per heavy atom. The highest BCUT2D eigenvalue weighted by atomic mass is 35.5. The Balaban J connectivity index is 1.26. The third-order valence-electron chi connectivity index (χ3n) is 5.92. The fourth-order valence-corrected chi connectivity index (χ4v) is 4.08. The predicted octanol–water partition coefficient (Wildman–Crippen LogP) is 5.14. The smallest absolute Gasteiger partial charge is 0.257 e. The summed E-state index contributed by atoms with van der Waals surface area (Å²) in [5, 5.41) is 13.1. The molecular formula is C27H29ClN4O3. The van der Waals surface area contributed by atoms with Crippen molar-refractivity contribution in [3.63, 3.8) is 0 Å². The van der Waals surface area contributed by atoms with Crippen LogP contribution in [-0.4, -0.2) is 54.8 Å². The number of halogens is 1. The second kappa shape index (κ2) is 12.4. The number of hydrogen-bond acceptors (Lipinski definition) is 5. The van der Waals surface area contributed by atoms with Gasteiger partial charge in [0.25, 0.3) is 5.91 Å². The Kier molecular flexibility index (Phi) is 8.79. The molecule has 0 spiro atoms. The standard InChI is InChI=1S/C27H29ClN4O3/c28-23-4-7-25(8-5-23)32-12-10-21(20-32)27(33)30-24-6-9-26(22(18-24)19-29)35-15-3-1-2-11-31-13-16-34-17-14-31/h4-10,12,18,20H,1-3,11,13-17H2,(H,30,33). The first-order valence-corrected chi connectivity index (χ1v) is 12.2. The number of benzene rings is 2. The van der Waals surface area contributed by atoms with Crippen LogP contribution in [0.15, 0.2) is 60.9 Å². The molecule has 1 aromatic heterocycles. The average molecular weight is 493 g/mol. The van der Waals surface area contributed by atoms with Gasteiger partial charge in [0.15, 0.2) is 0 Å². The van der Waals surface area contributed by atoms with E-state index in [0.29, 0.717) is 34.2 Å². The van der Waals surface area contributed by atoms with Gasteiger partial charge in [0, 0.05) is 41.9 Å². The van der Waals surface area contributed by atoms with Gasteiger partial charge >= 0.3 is 0 Å². The van der Waals surface area contributed by atoms with E-state index < -0.39 is 0 Å². The van der Waals surface area contributed by atoms with Crippen LogP contribution in [0.5, 0.6) is 5.75 Å². The number of ether oxygens (including phenoxy) is 2. The Hall–Kier alpha value is -3.31. The number of carbonyl (C=O) groups is 1. The summed E-state index contributed by atoms with van der Waals surface area (Å²) in [7, 11) is 0. The second-order valence-corrected chi connectivity index (χ2v) is 8.86. The topological polar surface area (TPSA) is 79.5 Å². The zero-order valence-corrected chi connectivity index (χ0v) is 20.3. The minimum absolute atomic E-state index is 0.254. The highest BCUT2D eigenvalue weighted by Crippen LogP contribution is 2.23. The highest BCUT2D eigenvalue weighted by molar-refractivity contribution is 6.30. The summed E-state index contributed by atoms with van der Waals surface area (Å²) >= 11 is 5.95. The number of morpholine rings is 1. The van der Waals surface area contributed by atoms with Crippen LogP contribution in [0.2, 0.25) is 5.02 Å². The largest absolute Gasteiger partial charge is 0.492 e. The fourth-order valence-electron chi connectivity index (χ4n) is 3.95. The molecule has 8 heteroatoms. The number of nitrogens with one attached hydrogen (secondary N) is 1. The van der Waals surface area contributed by atoms with Crippen LogP contribution in [-0.2, 0) is 4.74 Å². The number of amides is 1. The van der Waals surface area contributed by atoms with E-state index >= 15 is 0 Å². The van der Waals surface area contributed by atoms with Crippen LogP contribution < -0.4 is 10.1 Å². The molecule has 2 heterocycles. The molecule has 7 nitrogen and oxygen atoms in total. The third-order valence-corrected chi connectivity index (χ3v) is 6.17. The molecule has 3 aromatic rings. The quantitative estimate of drug-likeness (QED) is 0.396. The van der Waals surface area contributed by atoms with Gasteiger partial charge in [-0.1, -0.05) is 11.6 Å². The normalized spacial score (nSPS) is 13.8. The van der Waals surface area contributed by atoms with Crippen LogP contribution in [0, 0.1) is 11.3 Å². The Labute approximate surface area is 210 Å². The van der Waals surface area contributed by atoms with Gasteiger partial charge in [-0.2, -0.15) is 5.26 Å². The summed E-state index contributed by atoms with van der Waals surface area (Å²) in [6, 6.07) is 16.4. The van der Waals surface area contributed by atoms with Crippen LogP contribution >= 0.6 is 11.6 Å². The van der Waals surface area contributed by atoms with Gasteiger partial charge in [0.2, 0.25) is 0 Å². The minimum Gasteiger partial charge on any atom is -0.492 e. The lowest BCUT2D eigenvalue weighted by Gasteiger charge is -2.26. The molecule has 1 fully saturated rings. The van der Waals surface area contributed by atoms with Crippen LogP contribution in [0.25, 0.3) is 5.69 Å². The molecule has 1 aliphatic rings. The predicted molar refractivity (Wildman–Crippen MR) is 136 cm³/mol. The monoisotopic (exact) mass is 492 g/mol. The van der Waals surface area contributed by atoms with E-state index in [-0.39, 0.29) is 5.91 Å². The van der Waals surface area contributed by atoms with Crippen molar-refractivity contribution < 1.29 is 14.3 Å². The number of nitrogens with zero attached hydrogens (tertiary/aromatic N) is 3. The van der Waals surface area contributed by atoms with Gasteiger partial charge in [-0.3, -0.25) is 9.69 Å². The summed E-state index contributed by atoms with van der Waals surface area (Å²) < 4.78 is 13.1. The SMILES string of the molecule is N#Cc1cc(NC(=O)c2ccn(-c3ccc(Cl)cc3)c2)ccc1OCCCCCN1CCOCC1. The first-order valence-electron chi connectivity index (χ1n) is 11.8. The first kappa shape index (κ1) is 24.8. The molecule has 0 saturated carbocycles. The van der Waals surface area contributed by atoms with Crippen LogP contribution in [0.4, 0.5) is 5.69 Å². The van der Waals surface area contributed by atoms with Crippen LogP contribution in [0.3, 0.4) is 0 Å². The van der Waals surface area contributed by atoms with Crippen molar-refractivity contribution in [2.75, 3.05) is 44.8 Å². The maximum absolute atomic E-state index is 12.7. The van der Waals surface area contributed by atoms with E-state index in [1.54, 1.807) is 42.6 Å². The molecule has 4 rings (SSSR count). The lowest BCUT2D eigenvalue weighted by atomic mass is 10.2. The molecule has 0 radical (unpaired) electrons. The molecule has 35 heavy (non-hydrogen) atoms. The summed E-state index contributed by atoms with van der Waals surface area (Å²) in [6.45, 7) is 5.32. The Bertz CT molecular complexity index is 1160. The molecule has 1 aliphatic heterocycles. The lowest BCUT2D eigenvalue weighted by molar-refractivity contribution is 0.0370. The molecule has 1 amide bonds. The van der Waals surface area contributed by atoms with Crippen molar-refractivity contribution in [3.8, 4) is 17.5 Å². The fraction of sp³-hybridized carbons (Fsp3) is 0.333. The summed E-state index contributed by atoms with van der Waals surface area (Å²) in [4.78, 5) is 15.1. The van der Waals surface area contributed by atoms with Gasteiger partial charge in [-0.05, 0) is 74.3 Å². The number of nitriles is 1. The van der Waals surface area contributed by atoms with E-state index in [4.69, 9.17) is 21.1 Å². The number of anilines is 1. The van der Waals surface area contributed by atoms with E-state index in [0.717, 1.165) is 57.8 Å². The van der Waals surface area contributed by atoms with Crippen molar-refractivity contribution >= 4 is 23.2 Å². The molecule has 1 saturated heterocycles. The molecule has 0 bridgehead atoms. The van der Waals surface area contributed by atoms with Gasteiger partial charge in [-0.25, -0.2) is 0 Å². The third kappa shape index (κ3) is 7.09. The van der Waals surface area contributed by atoms with E-state index in [9.17, 15) is 10.1 Å². The maximum atomic E-state index is 12.7. The number of aromatic nitrogens is 1. The molecule has 2 aromatic carbocycles. The molecule has 182 valence electrons. The second-order valence-electron chi connectivity index (χ2n) is 8.42. The van der Waals surface area contributed by atoms with Crippen molar-refractivity contribution in [2.45, 2.75) is 19.3 Å². The Morgan fingerprint density at radius 3 is 2.66 bits per heavy atom. The van der Waals surface area contributed by atoms with Gasteiger partial charge in [0.05, 0.1) is 30.9 Å². The zero-order valence-electron chi connectivity index (χ0n) is 19.6. The lowest BCUT2D eigenvalue weighted by Crippen LogP contribution is -2.36. The maximum Gasteiger partial charge on any atom is 0.257 e. The van der Waals surface area contributed by atoms with Crippen molar-refractivity contribution in [3.05, 3.63) is 77.1 Å². The number of unbranched alkanes of at least 4 members (excludes halogenated alkanes) is 2. The number of rotatable bonds is 10. The average Bonchev–Trinajstić information content (AvgIpc) is 3.38. The molecular weight excluding hydrogens is 464 g/mol. The summed E-state index contributed by atoms with van der Waals surface area (Å²) in [6.07, 6.45) is 6.69. The number of carbonyl (C=O) groups excluding carboxylic acids is 1. The zero-order chi connectivity index (χ0) is 24.5. The van der Waals surface area contributed by atoms with Crippen molar-refractivity contribution in [1.29, 1.82) is 5.26 Å². The van der Waals surface area contributed by atoms with E-state index in [1.807, 2.05) is 22.9 Å². The van der Waals surface area contributed by atoms with E-state index in [1.165, 1.54) is 0 Å². The van der Waals surface area contributed by atoms with Gasteiger partial charge in [0.1, 0.15) is 11.8 Å². The molecule has 1 N–H and O–H groups in total. The molecule has 0 aliphatic carbocycles. The minimum atomic E-state index is -0.254.